The number of nitrogens with zero attached hydrogens (tertiary/aromatic N) is 1. The minimum Gasteiger partial charge on any atom is -0.454 e. The Bertz CT molecular complexity index is 572. The molecule has 0 saturated carbocycles. The Labute approximate surface area is 118 Å². The van der Waals surface area contributed by atoms with Crippen LogP contribution in [0.15, 0.2) is 18.2 Å². The maximum Gasteiger partial charge on any atom is 0.231 e. The molecule has 1 unspecified atom stereocenters. The zero-order chi connectivity index (χ0) is 14.8. The molecule has 1 aliphatic heterocycles. The van der Waals surface area contributed by atoms with Crippen LogP contribution in [-0.2, 0) is 9.84 Å². The number of aliphatic hydroxyl groups is 1. The molecular formula is C13H19NO5S. The summed E-state index contributed by atoms with van der Waals surface area (Å²) in [7, 11) is -1.21. The van der Waals surface area contributed by atoms with Crippen LogP contribution in [-0.4, -0.2) is 57.4 Å². The maximum absolute atomic E-state index is 11.1. The molecule has 1 N–H and O–H groups in total. The Morgan fingerprint density at radius 2 is 2.05 bits per heavy atom. The first-order valence-electron chi connectivity index (χ1n) is 6.29. The van der Waals surface area contributed by atoms with Gasteiger partial charge in [-0.05, 0) is 24.7 Å². The van der Waals surface area contributed by atoms with Crippen LogP contribution >= 0.6 is 0 Å². The second kappa shape index (κ2) is 5.99. The number of hydrogen-bond acceptors (Lipinski definition) is 6. The van der Waals surface area contributed by atoms with Gasteiger partial charge in [-0.1, -0.05) is 6.07 Å². The number of rotatable bonds is 6. The molecule has 7 heteroatoms. The molecule has 0 fully saturated rings. The third-order valence-corrected chi connectivity index (χ3v) is 4.03. The number of sulfone groups is 1. The molecule has 1 aliphatic rings. The monoisotopic (exact) mass is 301 g/mol. The molecule has 20 heavy (non-hydrogen) atoms. The Balaban J connectivity index is 1.92. The molecule has 2 rings (SSSR count). The van der Waals surface area contributed by atoms with Crippen molar-refractivity contribution in [3.8, 4) is 11.5 Å². The zero-order valence-electron chi connectivity index (χ0n) is 11.6. The third-order valence-electron chi connectivity index (χ3n) is 3.11. The lowest BCUT2D eigenvalue weighted by molar-refractivity contribution is 0.129. The van der Waals surface area contributed by atoms with Crippen molar-refractivity contribution in [1.29, 1.82) is 0 Å². The smallest absolute Gasteiger partial charge is 0.231 e. The highest BCUT2D eigenvalue weighted by Crippen LogP contribution is 2.34. The van der Waals surface area contributed by atoms with Crippen molar-refractivity contribution < 1.29 is 23.0 Å². The van der Waals surface area contributed by atoms with Gasteiger partial charge in [0.1, 0.15) is 9.84 Å². The van der Waals surface area contributed by atoms with Crippen molar-refractivity contribution >= 4 is 9.84 Å². The van der Waals surface area contributed by atoms with Gasteiger partial charge in [0, 0.05) is 19.3 Å². The van der Waals surface area contributed by atoms with Crippen LogP contribution in [0.1, 0.15) is 11.7 Å². The van der Waals surface area contributed by atoms with Crippen molar-refractivity contribution in [2.24, 2.45) is 0 Å². The molecular weight excluding hydrogens is 282 g/mol. The highest BCUT2D eigenvalue weighted by molar-refractivity contribution is 7.90. The summed E-state index contributed by atoms with van der Waals surface area (Å²) in [6.45, 7) is 0.943. The van der Waals surface area contributed by atoms with E-state index in [1.165, 1.54) is 6.26 Å². The van der Waals surface area contributed by atoms with Gasteiger partial charge in [-0.15, -0.1) is 0 Å². The summed E-state index contributed by atoms with van der Waals surface area (Å²) in [5, 5.41) is 10.2. The predicted octanol–water partition coefficient (Wildman–Crippen LogP) is 0.425. The first kappa shape index (κ1) is 15.1. The van der Waals surface area contributed by atoms with E-state index >= 15 is 0 Å². The van der Waals surface area contributed by atoms with E-state index in [2.05, 4.69) is 0 Å². The van der Waals surface area contributed by atoms with E-state index in [0.29, 0.717) is 24.6 Å². The van der Waals surface area contributed by atoms with Crippen molar-refractivity contribution in [2.75, 3.05) is 38.9 Å². The number of benzene rings is 1. The molecule has 1 aromatic rings. The molecule has 0 spiro atoms. The van der Waals surface area contributed by atoms with E-state index in [0.717, 1.165) is 5.56 Å². The summed E-state index contributed by atoms with van der Waals surface area (Å²) in [5.41, 5.74) is 0.723. The SMILES string of the molecule is CN(CCS(C)(=O)=O)CC(O)c1ccc2c(c1)OCO2. The Morgan fingerprint density at radius 1 is 1.35 bits per heavy atom. The van der Waals surface area contributed by atoms with Gasteiger partial charge in [-0.25, -0.2) is 8.42 Å². The molecule has 0 bridgehead atoms. The van der Waals surface area contributed by atoms with Crippen LogP contribution in [0.2, 0.25) is 0 Å². The molecule has 0 amide bonds. The Kier molecular flexibility index (Phi) is 4.52. The fourth-order valence-corrected chi connectivity index (χ4v) is 2.58. The van der Waals surface area contributed by atoms with Gasteiger partial charge in [0.15, 0.2) is 11.5 Å². The minimum absolute atomic E-state index is 0.0807. The van der Waals surface area contributed by atoms with Gasteiger partial charge in [-0.2, -0.15) is 0 Å². The standard InChI is InChI=1S/C13H19NO5S/c1-14(5-6-20(2,16)17)8-11(15)10-3-4-12-13(7-10)19-9-18-12/h3-4,7,11,15H,5-6,8-9H2,1-2H3. The van der Waals surface area contributed by atoms with E-state index in [1.54, 1.807) is 30.1 Å². The number of aliphatic hydroxyl groups excluding tert-OH is 1. The lowest BCUT2D eigenvalue weighted by Crippen LogP contribution is -2.29. The summed E-state index contributed by atoms with van der Waals surface area (Å²) in [6.07, 6.45) is 0.504. The van der Waals surface area contributed by atoms with E-state index in [9.17, 15) is 13.5 Å². The summed E-state index contributed by atoms with van der Waals surface area (Å²) >= 11 is 0. The molecule has 1 heterocycles. The highest BCUT2D eigenvalue weighted by atomic mass is 32.2. The molecule has 0 aliphatic carbocycles. The molecule has 0 saturated heterocycles. The Hall–Kier alpha value is -1.31. The zero-order valence-corrected chi connectivity index (χ0v) is 12.4. The van der Waals surface area contributed by atoms with E-state index in [4.69, 9.17) is 9.47 Å². The topological polar surface area (TPSA) is 76.1 Å². The van der Waals surface area contributed by atoms with Crippen LogP contribution in [0, 0.1) is 0 Å². The molecule has 112 valence electrons. The molecule has 0 aromatic heterocycles. The van der Waals surface area contributed by atoms with Crippen molar-refractivity contribution in [2.45, 2.75) is 6.10 Å². The predicted molar refractivity (Wildman–Crippen MR) is 74.7 cm³/mol. The molecule has 6 nitrogen and oxygen atoms in total. The number of ether oxygens (including phenoxy) is 2. The second-order valence-corrected chi connectivity index (χ2v) is 7.28. The van der Waals surface area contributed by atoms with Gasteiger partial charge in [0.2, 0.25) is 6.79 Å². The highest BCUT2D eigenvalue weighted by Gasteiger charge is 2.18. The van der Waals surface area contributed by atoms with Gasteiger partial charge in [-0.3, -0.25) is 0 Å². The lowest BCUT2D eigenvalue weighted by Gasteiger charge is -2.20. The third kappa shape index (κ3) is 4.09. The molecule has 0 radical (unpaired) electrons. The minimum atomic E-state index is -2.99. The van der Waals surface area contributed by atoms with Crippen LogP contribution in [0.25, 0.3) is 0 Å². The van der Waals surface area contributed by atoms with Gasteiger partial charge < -0.3 is 19.5 Å². The molecule has 1 atom stereocenters. The average molecular weight is 301 g/mol. The van der Waals surface area contributed by atoms with Crippen LogP contribution in [0.3, 0.4) is 0 Å². The van der Waals surface area contributed by atoms with E-state index < -0.39 is 15.9 Å². The van der Waals surface area contributed by atoms with E-state index in [-0.39, 0.29) is 12.5 Å². The quantitative estimate of drug-likeness (QED) is 0.821. The van der Waals surface area contributed by atoms with Crippen molar-refractivity contribution in [3.05, 3.63) is 23.8 Å². The fourth-order valence-electron chi connectivity index (χ4n) is 1.93. The maximum atomic E-state index is 11.1. The second-order valence-electron chi connectivity index (χ2n) is 5.02. The van der Waals surface area contributed by atoms with Gasteiger partial charge in [0.05, 0.1) is 11.9 Å². The van der Waals surface area contributed by atoms with Gasteiger partial charge in [0.25, 0.3) is 0 Å². The van der Waals surface area contributed by atoms with Crippen molar-refractivity contribution in [3.63, 3.8) is 0 Å². The normalized spacial score (nSPS) is 15.6. The van der Waals surface area contributed by atoms with Crippen LogP contribution < -0.4 is 9.47 Å². The Morgan fingerprint density at radius 3 is 2.75 bits per heavy atom. The number of hydrogen-bond donors (Lipinski definition) is 1. The number of fused-ring (bicyclic) bond motifs is 1. The van der Waals surface area contributed by atoms with Crippen molar-refractivity contribution in [1.82, 2.24) is 4.90 Å². The van der Waals surface area contributed by atoms with Gasteiger partial charge >= 0.3 is 0 Å². The summed E-state index contributed by atoms with van der Waals surface area (Å²) in [5.74, 6) is 1.38. The van der Waals surface area contributed by atoms with E-state index in [1.807, 2.05) is 0 Å². The van der Waals surface area contributed by atoms with Crippen LogP contribution in [0.4, 0.5) is 0 Å². The summed E-state index contributed by atoms with van der Waals surface area (Å²) in [4.78, 5) is 1.79. The van der Waals surface area contributed by atoms with Crippen LogP contribution in [0.5, 0.6) is 11.5 Å². The summed E-state index contributed by atoms with van der Waals surface area (Å²) < 4.78 is 32.7. The number of likely N-dealkylation sites (N-methyl/N-ethyl adjacent to an activating group) is 1. The lowest BCUT2D eigenvalue weighted by atomic mass is 10.1. The largest absolute Gasteiger partial charge is 0.454 e. The molecule has 1 aromatic carbocycles. The summed E-state index contributed by atoms with van der Waals surface area (Å²) in [6, 6.07) is 5.29. The first-order valence-corrected chi connectivity index (χ1v) is 8.35. The first-order chi connectivity index (χ1) is 9.35. The fraction of sp³-hybridized carbons (Fsp3) is 0.538. The average Bonchev–Trinajstić information content (AvgIpc) is 2.82.